The van der Waals surface area contributed by atoms with Gasteiger partial charge in [-0.3, -0.25) is 14.8 Å². The highest BCUT2D eigenvalue weighted by Gasteiger charge is 2.24. The molecule has 2 atom stereocenters. The molecule has 2 aromatic carbocycles. The number of hydrogen-bond donors (Lipinski definition) is 5. The number of nitrogens with two attached hydrogens (primary N) is 1. The third kappa shape index (κ3) is 5.93. The van der Waals surface area contributed by atoms with Crippen LogP contribution < -0.4 is 16.5 Å². The van der Waals surface area contributed by atoms with Crippen molar-refractivity contribution in [3.63, 3.8) is 0 Å². The maximum atomic E-state index is 12.3. The quantitative estimate of drug-likeness (QED) is 0.284. The van der Waals surface area contributed by atoms with Gasteiger partial charge in [-0.2, -0.15) is 0 Å². The lowest BCUT2D eigenvalue weighted by Crippen LogP contribution is -2.54. The maximum Gasteiger partial charge on any atom is 0.267 e. The van der Waals surface area contributed by atoms with Crippen molar-refractivity contribution < 1.29 is 19.9 Å². The van der Waals surface area contributed by atoms with E-state index in [4.69, 9.17) is 16.0 Å². The second kappa shape index (κ2) is 10.2. The fourth-order valence-corrected chi connectivity index (χ4v) is 2.46. The minimum atomic E-state index is -1.05. The molecule has 0 unspecified atom stereocenters. The van der Waals surface area contributed by atoms with Crippen LogP contribution in [-0.4, -0.2) is 40.8 Å². The molecular weight excluding hydrogens is 358 g/mol. The minimum absolute atomic E-state index is 0.112. The van der Waals surface area contributed by atoms with Gasteiger partial charge in [-0.05, 0) is 55.3 Å². The Morgan fingerprint density at radius 3 is 2.04 bits per heavy atom. The van der Waals surface area contributed by atoms with Crippen LogP contribution in [0.5, 0.6) is 0 Å². The molecule has 6 N–H and O–H groups in total. The van der Waals surface area contributed by atoms with Crippen molar-refractivity contribution in [3.8, 4) is 11.8 Å². The van der Waals surface area contributed by atoms with Gasteiger partial charge in [0.25, 0.3) is 11.8 Å². The maximum absolute atomic E-state index is 12.3. The van der Waals surface area contributed by atoms with Crippen molar-refractivity contribution in [1.82, 2.24) is 10.8 Å². The molecule has 2 amide bonds. The summed E-state index contributed by atoms with van der Waals surface area (Å²) >= 11 is 0. The molecule has 7 nitrogen and oxygen atoms in total. The fourth-order valence-electron chi connectivity index (χ4n) is 2.46. The summed E-state index contributed by atoms with van der Waals surface area (Å²) < 4.78 is 0. The van der Waals surface area contributed by atoms with Crippen LogP contribution in [-0.2, 0) is 11.2 Å². The average molecular weight is 381 g/mol. The molecule has 0 heterocycles. The molecule has 0 saturated carbocycles. The molecule has 0 bridgehead atoms. The minimum Gasteiger partial charge on any atom is -0.396 e. The van der Waals surface area contributed by atoms with Crippen LogP contribution in [0.2, 0.25) is 0 Å². The normalized spacial score (nSPS) is 12.3. The summed E-state index contributed by atoms with van der Waals surface area (Å²) in [5, 5.41) is 20.1. The zero-order valence-corrected chi connectivity index (χ0v) is 15.5. The molecule has 0 aliphatic heterocycles. The van der Waals surface area contributed by atoms with E-state index in [1.54, 1.807) is 31.2 Å². The van der Waals surface area contributed by atoms with Crippen molar-refractivity contribution >= 4 is 11.8 Å². The molecule has 0 spiro atoms. The molecule has 0 aliphatic carbocycles. The number of aliphatic hydroxyl groups is 1. The third-order valence-electron chi connectivity index (χ3n) is 4.06. The number of carbonyl (C=O) groups is 2. The number of rotatable bonds is 6. The average Bonchev–Trinajstić information content (AvgIpc) is 2.71. The highest BCUT2D eigenvalue weighted by molar-refractivity contribution is 5.97. The van der Waals surface area contributed by atoms with Crippen molar-refractivity contribution in [2.75, 3.05) is 6.61 Å². The summed E-state index contributed by atoms with van der Waals surface area (Å²) in [6, 6.07) is 12.5. The van der Waals surface area contributed by atoms with E-state index in [1.807, 2.05) is 24.3 Å². The zero-order chi connectivity index (χ0) is 20.5. The standard InChI is InChI=1S/C21H23N3O4/c1-14(22)19(21(27)24-28)23-20(26)18-10-8-16(9-11-18)3-2-15-4-6-17(7-5-15)12-13-25/h4-11,14,19,25,28H,12-13,22H2,1H3,(H,23,26)(H,24,27)/t14-,19+/m1/s1. The predicted molar refractivity (Wildman–Crippen MR) is 104 cm³/mol. The smallest absolute Gasteiger partial charge is 0.267 e. The van der Waals surface area contributed by atoms with Gasteiger partial charge in [0.2, 0.25) is 0 Å². The van der Waals surface area contributed by atoms with Gasteiger partial charge in [0.05, 0.1) is 0 Å². The SMILES string of the molecule is C[C@@H](N)[C@H](NC(=O)c1ccc(C#Cc2ccc(CCO)cc2)cc1)C(=O)NO. The van der Waals surface area contributed by atoms with E-state index in [0.717, 1.165) is 16.7 Å². The lowest BCUT2D eigenvalue weighted by atomic mass is 10.1. The van der Waals surface area contributed by atoms with Gasteiger partial charge in [0.15, 0.2) is 0 Å². The Bertz CT molecular complexity index is 865. The van der Waals surface area contributed by atoms with Crippen molar-refractivity contribution in [2.24, 2.45) is 5.73 Å². The molecular formula is C21H23N3O4. The van der Waals surface area contributed by atoms with E-state index in [0.29, 0.717) is 12.0 Å². The van der Waals surface area contributed by atoms with Gasteiger partial charge in [-0.15, -0.1) is 0 Å². The lowest BCUT2D eigenvalue weighted by molar-refractivity contribution is -0.131. The van der Waals surface area contributed by atoms with Crippen LogP contribution in [0.1, 0.15) is 34.0 Å². The molecule has 0 aliphatic rings. The second-order valence-corrected chi connectivity index (χ2v) is 6.28. The Hall–Kier alpha value is -3.18. The van der Waals surface area contributed by atoms with Gasteiger partial charge in [0.1, 0.15) is 6.04 Å². The number of hydrogen-bond acceptors (Lipinski definition) is 5. The summed E-state index contributed by atoms with van der Waals surface area (Å²) in [4.78, 5) is 23.8. The Labute approximate surface area is 163 Å². The molecule has 2 rings (SSSR count). The second-order valence-electron chi connectivity index (χ2n) is 6.28. The number of amides is 2. The Kier molecular flexibility index (Phi) is 7.72. The molecule has 0 saturated heterocycles. The van der Waals surface area contributed by atoms with Crippen LogP contribution in [0.25, 0.3) is 0 Å². The Morgan fingerprint density at radius 2 is 1.57 bits per heavy atom. The van der Waals surface area contributed by atoms with E-state index in [1.165, 1.54) is 5.48 Å². The fraction of sp³-hybridized carbons (Fsp3) is 0.238. The number of nitrogens with one attached hydrogen (secondary N) is 2. The molecule has 2 aromatic rings. The first-order chi connectivity index (χ1) is 13.4. The summed E-state index contributed by atoms with van der Waals surface area (Å²) in [6.45, 7) is 1.66. The van der Waals surface area contributed by atoms with Crippen molar-refractivity contribution in [1.29, 1.82) is 0 Å². The molecule has 0 fully saturated rings. The first kappa shape index (κ1) is 21.1. The van der Waals surface area contributed by atoms with Gasteiger partial charge >= 0.3 is 0 Å². The number of hydroxylamine groups is 1. The molecule has 146 valence electrons. The van der Waals surface area contributed by atoms with Gasteiger partial charge in [0, 0.05) is 29.3 Å². The third-order valence-corrected chi connectivity index (χ3v) is 4.06. The number of carbonyl (C=O) groups excluding carboxylic acids is 2. The van der Waals surface area contributed by atoms with Gasteiger partial charge in [-0.1, -0.05) is 24.0 Å². The van der Waals surface area contributed by atoms with E-state index in [-0.39, 0.29) is 6.61 Å². The zero-order valence-electron chi connectivity index (χ0n) is 15.5. The summed E-state index contributed by atoms with van der Waals surface area (Å²) in [7, 11) is 0. The highest BCUT2D eigenvalue weighted by atomic mass is 16.5. The highest BCUT2D eigenvalue weighted by Crippen LogP contribution is 2.07. The van der Waals surface area contributed by atoms with E-state index >= 15 is 0 Å². The molecule has 0 radical (unpaired) electrons. The van der Waals surface area contributed by atoms with Crippen LogP contribution in [0.15, 0.2) is 48.5 Å². The van der Waals surface area contributed by atoms with Crippen molar-refractivity contribution in [2.45, 2.75) is 25.4 Å². The molecule has 7 heteroatoms. The van der Waals surface area contributed by atoms with Crippen LogP contribution in [0, 0.1) is 11.8 Å². The molecule has 0 aromatic heterocycles. The Morgan fingerprint density at radius 1 is 1.04 bits per heavy atom. The first-order valence-electron chi connectivity index (χ1n) is 8.77. The Balaban J connectivity index is 2.05. The monoisotopic (exact) mass is 381 g/mol. The summed E-state index contributed by atoms with van der Waals surface area (Å²) in [5.41, 5.74) is 10.1. The van der Waals surface area contributed by atoms with Crippen molar-refractivity contribution in [3.05, 3.63) is 70.8 Å². The van der Waals surface area contributed by atoms with Gasteiger partial charge < -0.3 is 16.2 Å². The topological polar surface area (TPSA) is 125 Å². The van der Waals surface area contributed by atoms with E-state index < -0.39 is 23.9 Å². The molecule has 28 heavy (non-hydrogen) atoms. The van der Waals surface area contributed by atoms with Gasteiger partial charge in [-0.25, -0.2) is 5.48 Å². The van der Waals surface area contributed by atoms with Crippen LogP contribution >= 0.6 is 0 Å². The first-order valence-corrected chi connectivity index (χ1v) is 8.77. The van der Waals surface area contributed by atoms with Crippen LogP contribution in [0.3, 0.4) is 0 Å². The summed E-state index contributed by atoms with van der Waals surface area (Å²) in [5.74, 6) is 4.79. The number of benzene rings is 2. The number of aliphatic hydroxyl groups excluding tert-OH is 1. The predicted octanol–water partition coefficient (Wildman–Crippen LogP) is 0.572. The van der Waals surface area contributed by atoms with Crippen LogP contribution in [0.4, 0.5) is 0 Å². The summed E-state index contributed by atoms with van der Waals surface area (Å²) in [6.07, 6.45) is 0.612. The van der Waals surface area contributed by atoms with E-state index in [9.17, 15) is 9.59 Å². The van der Waals surface area contributed by atoms with E-state index in [2.05, 4.69) is 17.2 Å². The largest absolute Gasteiger partial charge is 0.396 e. The lowest BCUT2D eigenvalue weighted by Gasteiger charge is -2.20.